The number of nitrogens with one attached hydrogen (secondary N) is 1. The summed E-state index contributed by atoms with van der Waals surface area (Å²) in [5, 5.41) is 3.24. The summed E-state index contributed by atoms with van der Waals surface area (Å²) in [5.41, 5.74) is 8.19. The fraction of sp³-hybridized carbons (Fsp3) is 0.0667. The van der Waals surface area contributed by atoms with E-state index in [2.05, 4.69) is 10.3 Å². The van der Waals surface area contributed by atoms with E-state index in [0.29, 0.717) is 21.9 Å². The van der Waals surface area contributed by atoms with E-state index in [0.717, 1.165) is 10.2 Å². The molecule has 0 saturated carbocycles. The number of amides is 1. The molecule has 6 heteroatoms. The molecule has 0 unspecified atom stereocenters. The highest BCUT2D eigenvalue weighted by molar-refractivity contribution is 7.22. The molecule has 0 aliphatic carbocycles. The summed E-state index contributed by atoms with van der Waals surface area (Å²) in [6, 6.07) is 9.44. The Kier molecular flexibility index (Phi) is 3.31. The van der Waals surface area contributed by atoms with E-state index in [9.17, 15) is 9.18 Å². The number of aryl methyl sites for hydroxylation is 1. The van der Waals surface area contributed by atoms with Gasteiger partial charge in [-0.15, -0.1) is 0 Å². The summed E-state index contributed by atoms with van der Waals surface area (Å²) in [6.07, 6.45) is 0. The number of carbonyl (C=O) groups excluding carboxylic acids is 1. The van der Waals surface area contributed by atoms with Gasteiger partial charge < -0.3 is 11.1 Å². The largest absolute Gasteiger partial charge is 0.375 e. The third-order valence-corrected chi connectivity index (χ3v) is 3.95. The van der Waals surface area contributed by atoms with Crippen molar-refractivity contribution in [3.8, 4) is 0 Å². The van der Waals surface area contributed by atoms with E-state index < -0.39 is 0 Å². The molecule has 21 heavy (non-hydrogen) atoms. The third-order valence-electron chi connectivity index (χ3n) is 3.10. The Hall–Kier alpha value is -2.47. The Morgan fingerprint density at radius 2 is 2.10 bits per heavy atom. The maximum absolute atomic E-state index is 13.1. The van der Waals surface area contributed by atoms with Crippen LogP contribution >= 0.6 is 11.3 Å². The molecule has 3 N–H and O–H groups in total. The minimum absolute atomic E-state index is 0.251. The Morgan fingerprint density at radius 1 is 1.29 bits per heavy atom. The molecule has 106 valence electrons. The highest BCUT2D eigenvalue weighted by Crippen LogP contribution is 2.25. The van der Waals surface area contributed by atoms with Crippen LogP contribution in [0.3, 0.4) is 0 Å². The number of fused-ring (bicyclic) bond motifs is 1. The van der Waals surface area contributed by atoms with E-state index in [-0.39, 0.29) is 11.7 Å². The van der Waals surface area contributed by atoms with Gasteiger partial charge in [0.05, 0.1) is 10.2 Å². The fourth-order valence-electron chi connectivity index (χ4n) is 2.05. The first kappa shape index (κ1) is 13.5. The molecule has 1 amide bonds. The first-order chi connectivity index (χ1) is 10.0. The summed E-state index contributed by atoms with van der Waals surface area (Å²) in [6.45, 7) is 1.74. The number of carbonyl (C=O) groups is 1. The predicted octanol–water partition coefficient (Wildman–Crippen LogP) is 3.58. The molecule has 1 aromatic heterocycles. The molecule has 0 saturated heterocycles. The molecular weight excluding hydrogens is 289 g/mol. The lowest BCUT2D eigenvalue weighted by atomic mass is 10.1. The standard InChI is InChI=1S/C15H12FN3OS/c1-8-6-10(16)3-5-11(8)18-14(20)9-2-4-12-13(7-9)21-15(17)19-12/h2-7H,1H3,(H2,17,19)(H,18,20). The van der Waals surface area contributed by atoms with Crippen LogP contribution in [0.4, 0.5) is 15.2 Å². The second-order valence-electron chi connectivity index (χ2n) is 4.65. The van der Waals surface area contributed by atoms with Crippen molar-refractivity contribution in [3.63, 3.8) is 0 Å². The Morgan fingerprint density at radius 3 is 2.86 bits per heavy atom. The van der Waals surface area contributed by atoms with Gasteiger partial charge in [-0.05, 0) is 48.9 Å². The number of nitrogens with zero attached hydrogens (tertiary/aromatic N) is 1. The van der Waals surface area contributed by atoms with Crippen LogP contribution in [0.15, 0.2) is 36.4 Å². The quantitative estimate of drug-likeness (QED) is 0.760. The summed E-state index contributed by atoms with van der Waals surface area (Å²) < 4.78 is 13.9. The maximum Gasteiger partial charge on any atom is 0.255 e. The number of rotatable bonds is 2. The van der Waals surface area contributed by atoms with Crippen molar-refractivity contribution in [1.29, 1.82) is 0 Å². The number of hydrogen-bond donors (Lipinski definition) is 2. The average molecular weight is 301 g/mol. The maximum atomic E-state index is 13.1. The zero-order valence-electron chi connectivity index (χ0n) is 11.2. The highest BCUT2D eigenvalue weighted by atomic mass is 32.1. The van der Waals surface area contributed by atoms with Crippen LogP contribution in [-0.4, -0.2) is 10.9 Å². The van der Waals surface area contributed by atoms with Crippen LogP contribution in [0.2, 0.25) is 0 Å². The molecule has 3 aromatic rings. The molecule has 0 spiro atoms. The van der Waals surface area contributed by atoms with Crippen LogP contribution in [0.1, 0.15) is 15.9 Å². The number of nitrogen functional groups attached to an aromatic ring is 1. The third kappa shape index (κ3) is 2.71. The first-order valence-corrected chi connectivity index (χ1v) is 7.08. The van der Waals surface area contributed by atoms with Crippen molar-refractivity contribution in [1.82, 2.24) is 4.98 Å². The SMILES string of the molecule is Cc1cc(F)ccc1NC(=O)c1ccc2nc(N)sc2c1. The summed E-state index contributed by atoms with van der Waals surface area (Å²) in [5.74, 6) is -0.578. The highest BCUT2D eigenvalue weighted by Gasteiger charge is 2.10. The fourth-order valence-corrected chi connectivity index (χ4v) is 2.82. The Balaban J connectivity index is 1.89. The number of thiazole rings is 1. The minimum atomic E-state index is -0.327. The van der Waals surface area contributed by atoms with Crippen molar-refractivity contribution >= 4 is 38.3 Å². The Bertz CT molecular complexity index is 844. The second kappa shape index (κ2) is 5.14. The molecule has 1 heterocycles. The normalized spacial score (nSPS) is 10.8. The van der Waals surface area contributed by atoms with E-state index in [1.165, 1.54) is 23.5 Å². The van der Waals surface area contributed by atoms with Crippen molar-refractivity contribution in [2.45, 2.75) is 6.92 Å². The van der Waals surface area contributed by atoms with Crippen molar-refractivity contribution in [2.75, 3.05) is 11.1 Å². The lowest BCUT2D eigenvalue weighted by Crippen LogP contribution is -2.12. The Labute approximate surface area is 124 Å². The van der Waals surface area contributed by atoms with Crippen molar-refractivity contribution < 1.29 is 9.18 Å². The van der Waals surface area contributed by atoms with E-state index in [1.807, 2.05) is 0 Å². The van der Waals surface area contributed by atoms with Gasteiger partial charge in [-0.1, -0.05) is 11.3 Å². The zero-order valence-corrected chi connectivity index (χ0v) is 12.0. The lowest BCUT2D eigenvalue weighted by molar-refractivity contribution is 0.102. The van der Waals surface area contributed by atoms with Crippen molar-refractivity contribution in [3.05, 3.63) is 53.3 Å². The molecular formula is C15H12FN3OS. The minimum Gasteiger partial charge on any atom is -0.375 e. The number of halogens is 1. The first-order valence-electron chi connectivity index (χ1n) is 6.26. The van der Waals surface area contributed by atoms with Gasteiger partial charge in [0.15, 0.2) is 5.13 Å². The van der Waals surface area contributed by atoms with Crippen LogP contribution in [0, 0.1) is 12.7 Å². The van der Waals surface area contributed by atoms with E-state index in [1.54, 1.807) is 31.2 Å². The topological polar surface area (TPSA) is 68.0 Å². The van der Waals surface area contributed by atoms with Gasteiger partial charge in [0, 0.05) is 11.3 Å². The van der Waals surface area contributed by atoms with Gasteiger partial charge in [0.2, 0.25) is 0 Å². The number of hydrogen-bond acceptors (Lipinski definition) is 4. The molecule has 0 aliphatic heterocycles. The van der Waals surface area contributed by atoms with Gasteiger partial charge in [-0.2, -0.15) is 0 Å². The molecule has 0 bridgehead atoms. The molecule has 4 nitrogen and oxygen atoms in total. The number of benzene rings is 2. The van der Waals surface area contributed by atoms with Gasteiger partial charge >= 0.3 is 0 Å². The van der Waals surface area contributed by atoms with Crippen molar-refractivity contribution in [2.24, 2.45) is 0 Å². The molecule has 0 atom stereocenters. The number of anilines is 2. The molecule has 2 aromatic carbocycles. The second-order valence-corrected chi connectivity index (χ2v) is 5.71. The van der Waals surface area contributed by atoms with Gasteiger partial charge in [0.25, 0.3) is 5.91 Å². The summed E-state index contributed by atoms with van der Waals surface area (Å²) >= 11 is 1.33. The number of nitrogens with two attached hydrogens (primary N) is 1. The molecule has 0 fully saturated rings. The van der Waals surface area contributed by atoms with Gasteiger partial charge in [0.1, 0.15) is 5.82 Å². The van der Waals surface area contributed by atoms with Crippen LogP contribution in [0.5, 0.6) is 0 Å². The number of aromatic nitrogens is 1. The molecule has 0 aliphatic rings. The van der Waals surface area contributed by atoms with E-state index >= 15 is 0 Å². The van der Waals surface area contributed by atoms with Crippen LogP contribution in [0.25, 0.3) is 10.2 Å². The average Bonchev–Trinajstić information content (AvgIpc) is 2.80. The zero-order chi connectivity index (χ0) is 15.0. The van der Waals surface area contributed by atoms with Gasteiger partial charge in [-0.25, -0.2) is 9.37 Å². The predicted molar refractivity (Wildman–Crippen MR) is 83.1 cm³/mol. The summed E-state index contributed by atoms with van der Waals surface area (Å²) in [7, 11) is 0. The van der Waals surface area contributed by atoms with E-state index in [4.69, 9.17) is 5.73 Å². The monoisotopic (exact) mass is 301 g/mol. The lowest BCUT2D eigenvalue weighted by Gasteiger charge is -2.08. The summed E-state index contributed by atoms with van der Waals surface area (Å²) in [4.78, 5) is 16.4. The van der Waals surface area contributed by atoms with Crippen LogP contribution < -0.4 is 11.1 Å². The smallest absolute Gasteiger partial charge is 0.255 e. The molecule has 3 rings (SSSR count). The van der Waals surface area contributed by atoms with Gasteiger partial charge in [-0.3, -0.25) is 4.79 Å². The molecule has 0 radical (unpaired) electrons. The van der Waals surface area contributed by atoms with Crippen LogP contribution in [-0.2, 0) is 0 Å².